The Balaban J connectivity index is 2.82. The summed E-state index contributed by atoms with van der Waals surface area (Å²) in [7, 11) is 0. The van der Waals surface area contributed by atoms with Gasteiger partial charge in [0.05, 0.1) is 5.92 Å². The lowest BCUT2D eigenvalue weighted by atomic mass is 9.95. The van der Waals surface area contributed by atoms with Crippen LogP contribution in [0.25, 0.3) is 0 Å². The maximum absolute atomic E-state index is 10.9. The number of carboxylic acid groups (broad SMARTS) is 1. The highest BCUT2D eigenvalue weighted by atomic mass is 16.4. The smallest absolute Gasteiger partial charge is 0.310 e. The predicted octanol–water partition coefficient (Wildman–Crippen LogP) is 2.65. The van der Waals surface area contributed by atoms with Gasteiger partial charge in [0.15, 0.2) is 0 Å². The molecule has 70 valence electrons. The van der Waals surface area contributed by atoms with Crippen molar-refractivity contribution in [3.8, 4) is 0 Å². The first-order valence-electron chi connectivity index (χ1n) is 4.53. The fourth-order valence-corrected chi connectivity index (χ4v) is 1.41. The quantitative estimate of drug-likeness (QED) is 0.769. The average Bonchev–Trinajstić information content (AvgIpc) is 2.15. The predicted molar refractivity (Wildman–Crippen MR) is 51.7 cm³/mol. The van der Waals surface area contributed by atoms with Gasteiger partial charge >= 0.3 is 5.97 Å². The fourth-order valence-electron chi connectivity index (χ4n) is 1.41. The van der Waals surface area contributed by atoms with E-state index < -0.39 is 5.97 Å². The van der Waals surface area contributed by atoms with Crippen LogP contribution in [0.4, 0.5) is 0 Å². The summed E-state index contributed by atoms with van der Waals surface area (Å²) in [5.41, 5.74) is 0.900. The van der Waals surface area contributed by atoms with Crippen molar-refractivity contribution < 1.29 is 9.90 Å². The molecule has 0 heterocycles. The van der Waals surface area contributed by atoms with E-state index >= 15 is 0 Å². The van der Waals surface area contributed by atoms with E-state index in [1.807, 2.05) is 37.3 Å². The Morgan fingerprint density at radius 2 is 2.00 bits per heavy atom. The van der Waals surface area contributed by atoms with Crippen LogP contribution in [0, 0.1) is 0 Å². The van der Waals surface area contributed by atoms with Crippen molar-refractivity contribution in [1.82, 2.24) is 0 Å². The molecule has 13 heavy (non-hydrogen) atoms. The molecular formula is C11H14O2. The Hall–Kier alpha value is -1.31. The molecule has 1 rings (SSSR count). The van der Waals surface area contributed by atoms with Crippen LogP contribution in [0.15, 0.2) is 30.3 Å². The first-order chi connectivity index (χ1) is 6.25. The summed E-state index contributed by atoms with van der Waals surface area (Å²) in [6.07, 6.45) is 1.60. The van der Waals surface area contributed by atoms with Gasteiger partial charge in [0.1, 0.15) is 0 Å². The lowest BCUT2D eigenvalue weighted by Crippen LogP contribution is -2.10. The number of rotatable bonds is 4. The third-order valence-electron chi connectivity index (χ3n) is 2.08. The number of carbonyl (C=O) groups is 1. The standard InChI is InChI=1S/C11H14O2/c1-2-6-10(11(12)13)9-7-4-3-5-8-9/h3-5,7-8,10H,2,6H2,1H3,(H,12,13)/t10-/m1/s1. The molecule has 0 bridgehead atoms. The second kappa shape index (κ2) is 4.65. The number of carboxylic acids is 1. The SMILES string of the molecule is CCC[C@@H](C(=O)O)c1ccccc1. The van der Waals surface area contributed by atoms with Crippen LogP contribution in [0.3, 0.4) is 0 Å². The van der Waals surface area contributed by atoms with Crippen LogP contribution >= 0.6 is 0 Å². The molecule has 1 aromatic carbocycles. The van der Waals surface area contributed by atoms with Gasteiger partial charge < -0.3 is 5.11 Å². The zero-order valence-corrected chi connectivity index (χ0v) is 7.73. The minimum absolute atomic E-state index is 0.341. The number of aliphatic carboxylic acids is 1. The Kier molecular flexibility index (Phi) is 3.50. The molecule has 0 radical (unpaired) electrons. The van der Waals surface area contributed by atoms with Gasteiger partial charge in [0.25, 0.3) is 0 Å². The van der Waals surface area contributed by atoms with Gasteiger partial charge in [-0.3, -0.25) is 4.79 Å². The molecule has 0 saturated carbocycles. The van der Waals surface area contributed by atoms with Crippen molar-refractivity contribution in [2.75, 3.05) is 0 Å². The van der Waals surface area contributed by atoms with E-state index in [4.69, 9.17) is 5.11 Å². The molecule has 2 heteroatoms. The molecule has 0 saturated heterocycles. The topological polar surface area (TPSA) is 37.3 Å². The van der Waals surface area contributed by atoms with Gasteiger partial charge in [-0.05, 0) is 12.0 Å². The molecule has 1 atom stereocenters. The largest absolute Gasteiger partial charge is 0.481 e. The molecule has 1 N–H and O–H groups in total. The summed E-state index contributed by atoms with van der Waals surface area (Å²) in [5, 5.41) is 8.96. The number of hydrogen-bond acceptors (Lipinski definition) is 1. The molecule has 0 fully saturated rings. The van der Waals surface area contributed by atoms with Crippen molar-refractivity contribution in [3.05, 3.63) is 35.9 Å². The Labute approximate surface area is 78.2 Å². The van der Waals surface area contributed by atoms with Crippen LogP contribution in [-0.4, -0.2) is 11.1 Å². The highest BCUT2D eigenvalue weighted by Crippen LogP contribution is 2.20. The van der Waals surface area contributed by atoms with E-state index in [2.05, 4.69) is 0 Å². The summed E-state index contributed by atoms with van der Waals surface area (Å²) in [6, 6.07) is 9.39. The Morgan fingerprint density at radius 1 is 1.38 bits per heavy atom. The van der Waals surface area contributed by atoms with Crippen LogP contribution in [0.1, 0.15) is 31.2 Å². The van der Waals surface area contributed by atoms with Gasteiger partial charge in [-0.1, -0.05) is 43.7 Å². The second-order valence-corrected chi connectivity index (χ2v) is 3.09. The van der Waals surface area contributed by atoms with E-state index in [1.54, 1.807) is 0 Å². The maximum atomic E-state index is 10.9. The van der Waals surface area contributed by atoms with Crippen molar-refractivity contribution in [3.63, 3.8) is 0 Å². The highest BCUT2D eigenvalue weighted by Gasteiger charge is 2.17. The summed E-state index contributed by atoms with van der Waals surface area (Å²) in [4.78, 5) is 10.9. The van der Waals surface area contributed by atoms with Crippen LogP contribution in [0.2, 0.25) is 0 Å². The van der Waals surface area contributed by atoms with Gasteiger partial charge in [-0.2, -0.15) is 0 Å². The first-order valence-corrected chi connectivity index (χ1v) is 4.53. The van der Waals surface area contributed by atoms with Gasteiger partial charge in [-0.25, -0.2) is 0 Å². The average molecular weight is 178 g/mol. The maximum Gasteiger partial charge on any atom is 0.310 e. The minimum Gasteiger partial charge on any atom is -0.481 e. The number of hydrogen-bond donors (Lipinski definition) is 1. The number of benzene rings is 1. The Morgan fingerprint density at radius 3 is 2.46 bits per heavy atom. The van der Waals surface area contributed by atoms with Crippen LogP contribution in [-0.2, 0) is 4.79 Å². The van der Waals surface area contributed by atoms with E-state index in [0.717, 1.165) is 12.0 Å². The molecular weight excluding hydrogens is 164 g/mol. The van der Waals surface area contributed by atoms with E-state index in [1.165, 1.54) is 0 Å². The third-order valence-corrected chi connectivity index (χ3v) is 2.08. The van der Waals surface area contributed by atoms with E-state index in [9.17, 15) is 4.79 Å². The summed E-state index contributed by atoms with van der Waals surface area (Å²) < 4.78 is 0. The van der Waals surface area contributed by atoms with Gasteiger partial charge in [0.2, 0.25) is 0 Å². The second-order valence-electron chi connectivity index (χ2n) is 3.09. The van der Waals surface area contributed by atoms with Crippen molar-refractivity contribution in [1.29, 1.82) is 0 Å². The fraction of sp³-hybridized carbons (Fsp3) is 0.364. The van der Waals surface area contributed by atoms with Crippen molar-refractivity contribution in [2.45, 2.75) is 25.7 Å². The first kappa shape index (κ1) is 9.78. The molecule has 0 spiro atoms. The normalized spacial score (nSPS) is 12.4. The van der Waals surface area contributed by atoms with Crippen LogP contribution < -0.4 is 0 Å². The molecule has 1 aromatic rings. The monoisotopic (exact) mass is 178 g/mol. The molecule has 2 nitrogen and oxygen atoms in total. The lowest BCUT2D eigenvalue weighted by Gasteiger charge is -2.10. The summed E-state index contributed by atoms with van der Waals surface area (Å²) in [5.74, 6) is -1.07. The molecule has 0 aliphatic heterocycles. The molecule has 0 unspecified atom stereocenters. The minimum atomic E-state index is -0.729. The molecule has 0 aliphatic rings. The Bertz CT molecular complexity index is 267. The molecule has 0 aliphatic carbocycles. The lowest BCUT2D eigenvalue weighted by molar-refractivity contribution is -0.139. The highest BCUT2D eigenvalue weighted by molar-refractivity contribution is 5.75. The third kappa shape index (κ3) is 2.58. The van der Waals surface area contributed by atoms with Gasteiger partial charge in [0, 0.05) is 0 Å². The summed E-state index contributed by atoms with van der Waals surface area (Å²) in [6.45, 7) is 2.00. The van der Waals surface area contributed by atoms with Gasteiger partial charge in [-0.15, -0.1) is 0 Å². The zero-order chi connectivity index (χ0) is 9.68. The van der Waals surface area contributed by atoms with Crippen LogP contribution in [0.5, 0.6) is 0 Å². The van der Waals surface area contributed by atoms with E-state index in [-0.39, 0.29) is 5.92 Å². The summed E-state index contributed by atoms with van der Waals surface area (Å²) >= 11 is 0. The van der Waals surface area contributed by atoms with Crippen molar-refractivity contribution >= 4 is 5.97 Å². The molecule has 0 aromatic heterocycles. The van der Waals surface area contributed by atoms with E-state index in [0.29, 0.717) is 6.42 Å². The van der Waals surface area contributed by atoms with Crippen molar-refractivity contribution in [2.24, 2.45) is 0 Å². The molecule has 0 amide bonds. The zero-order valence-electron chi connectivity index (χ0n) is 7.73.